The second-order valence-corrected chi connectivity index (χ2v) is 6.64. The molecular weight excluding hydrogens is 316 g/mol. The number of nitrogens with zero attached hydrogens (tertiary/aromatic N) is 2. The first-order valence-electron chi connectivity index (χ1n) is 7.30. The van der Waals surface area contributed by atoms with Gasteiger partial charge in [-0.15, -0.1) is 11.3 Å². The first-order valence-corrected chi connectivity index (χ1v) is 8.12. The lowest BCUT2D eigenvalue weighted by molar-refractivity contribution is 0.507. The van der Waals surface area contributed by atoms with Crippen LogP contribution >= 0.6 is 11.3 Å². The molecule has 0 saturated heterocycles. The summed E-state index contributed by atoms with van der Waals surface area (Å²) in [6.07, 6.45) is 1.95. The Morgan fingerprint density at radius 1 is 1.22 bits per heavy atom. The van der Waals surface area contributed by atoms with E-state index >= 15 is 0 Å². The van der Waals surface area contributed by atoms with E-state index in [9.17, 15) is 8.78 Å². The van der Waals surface area contributed by atoms with Crippen molar-refractivity contribution in [3.05, 3.63) is 46.6 Å². The van der Waals surface area contributed by atoms with Crippen molar-refractivity contribution in [2.45, 2.75) is 20.3 Å². The van der Waals surface area contributed by atoms with Gasteiger partial charge in [-0.3, -0.25) is 5.10 Å². The van der Waals surface area contributed by atoms with E-state index in [4.69, 9.17) is 0 Å². The molecule has 2 aromatic carbocycles. The molecule has 116 valence electrons. The lowest BCUT2D eigenvalue weighted by atomic mass is 9.94. The highest BCUT2D eigenvalue weighted by Crippen LogP contribution is 2.37. The fourth-order valence-electron chi connectivity index (χ4n) is 3.01. The number of thiazole rings is 1. The van der Waals surface area contributed by atoms with Crippen molar-refractivity contribution in [1.29, 1.82) is 0 Å². The molecule has 3 nitrogen and oxygen atoms in total. The third-order valence-electron chi connectivity index (χ3n) is 4.03. The second-order valence-electron chi connectivity index (χ2n) is 5.41. The molecule has 0 spiro atoms. The van der Waals surface area contributed by atoms with Gasteiger partial charge in [-0.1, -0.05) is 13.0 Å². The van der Waals surface area contributed by atoms with E-state index < -0.39 is 11.6 Å². The molecule has 0 aliphatic rings. The molecule has 4 rings (SSSR count). The Bertz CT molecular complexity index is 1050. The fraction of sp³-hybridized carbons (Fsp3) is 0.176. The summed E-state index contributed by atoms with van der Waals surface area (Å²) in [5, 5.41) is 8.02. The maximum Gasteiger partial charge on any atom is 0.184 e. The maximum absolute atomic E-state index is 14.4. The molecule has 0 amide bonds. The topological polar surface area (TPSA) is 41.6 Å². The third kappa shape index (κ3) is 2.05. The molecule has 6 heteroatoms. The van der Waals surface area contributed by atoms with Gasteiger partial charge in [0.25, 0.3) is 0 Å². The van der Waals surface area contributed by atoms with Crippen molar-refractivity contribution in [3.63, 3.8) is 0 Å². The number of fused-ring (bicyclic) bond motifs is 2. The number of hydrogen-bond acceptors (Lipinski definition) is 3. The van der Waals surface area contributed by atoms with Crippen LogP contribution in [0.3, 0.4) is 0 Å². The van der Waals surface area contributed by atoms with Crippen LogP contribution in [0.4, 0.5) is 8.78 Å². The number of H-pyrrole nitrogens is 1. The van der Waals surface area contributed by atoms with Crippen molar-refractivity contribution >= 4 is 32.5 Å². The molecule has 0 aliphatic heterocycles. The number of benzene rings is 2. The smallest absolute Gasteiger partial charge is 0.184 e. The number of hydrogen-bond donors (Lipinski definition) is 1. The van der Waals surface area contributed by atoms with Gasteiger partial charge in [-0.2, -0.15) is 5.10 Å². The number of rotatable bonds is 2. The van der Waals surface area contributed by atoms with Crippen LogP contribution < -0.4 is 0 Å². The van der Waals surface area contributed by atoms with Gasteiger partial charge in [0.15, 0.2) is 11.6 Å². The standard InChI is InChI=1S/C17H13F2N3S/c1-3-10-14(11-7-20-22-17(11)16(19)15(10)18)9-4-5-12-13(6-9)23-8(2)21-12/h4-7H,3H2,1-2H3,(H,20,22). The van der Waals surface area contributed by atoms with Gasteiger partial charge < -0.3 is 0 Å². The van der Waals surface area contributed by atoms with E-state index in [2.05, 4.69) is 15.2 Å². The first kappa shape index (κ1) is 14.3. The van der Waals surface area contributed by atoms with Crippen LogP contribution in [0.25, 0.3) is 32.2 Å². The third-order valence-corrected chi connectivity index (χ3v) is 4.96. The van der Waals surface area contributed by atoms with Crippen LogP contribution in [0.1, 0.15) is 17.5 Å². The Morgan fingerprint density at radius 3 is 2.83 bits per heavy atom. The van der Waals surface area contributed by atoms with E-state index in [1.54, 1.807) is 17.5 Å². The van der Waals surface area contributed by atoms with Gasteiger partial charge in [-0.25, -0.2) is 13.8 Å². The minimum absolute atomic E-state index is 0.107. The van der Waals surface area contributed by atoms with Crippen molar-refractivity contribution < 1.29 is 8.78 Å². The summed E-state index contributed by atoms with van der Waals surface area (Å²) in [7, 11) is 0. The number of aromatic amines is 1. The molecule has 4 aromatic rings. The molecule has 23 heavy (non-hydrogen) atoms. The van der Waals surface area contributed by atoms with E-state index in [-0.39, 0.29) is 5.52 Å². The summed E-state index contributed by atoms with van der Waals surface area (Å²) >= 11 is 1.59. The molecular formula is C17H13F2N3S. The monoisotopic (exact) mass is 329 g/mol. The second kappa shape index (κ2) is 5.09. The van der Waals surface area contributed by atoms with Gasteiger partial charge >= 0.3 is 0 Å². The van der Waals surface area contributed by atoms with E-state index in [1.807, 2.05) is 32.0 Å². The van der Waals surface area contributed by atoms with Crippen molar-refractivity contribution in [3.8, 4) is 11.1 Å². The minimum Gasteiger partial charge on any atom is -0.275 e. The zero-order chi connectivity index (χ0) is 16.1. The Balaban J connectivity index is 2.09. The van der Waals surface area contributed by atoms with E-state index in [0.29, 0.717) is 22.9 Å². The van der Waals surface area contributed by atoms with Gasteiger partial charge in [0.05, 0.1) is 21.4 Å². The van der Waals surface area contributed by atoms with Crippen molar-refractivity contribution in [1.82, 2.24) is 15.2 Å². The summed E-state index contributed by atoms with van der Waals surface area (Å²) in [5.74, 6) is -1.67. The molecule has 0 fully saturated rings. The SMILES string of the molecule is CCc1c(F)c(F)c2[nH]ncc2c1-c1ccc2nc(C)sc2c1. The number of nitrogens with one attached hydrogen (secondary N) is 1. The zero-order valence-electron chi connectivity index (χ0n) is 12.6. The molecule has 2 aromatic heterocycles. The predicted octanol–water partition coefficient (Wildman–Crippen LogP) is 4.99. The number of halogens is 2. The van der Waals surface area contributed by atoms with Gasteiger partial charge in [-0.05, 0) is 42.2 Å². The predicted molar refractivity (Wildman–Crippen MR) is 88.7 cm³/mol. The summed E-state index contributed by atoms with van der Waals surface area (Å²) < 4.78 is 29.6. The molecule has 0 saturated carbocycles. The molecule has 0 radical (unpaired) electrons. The highest BCUT2D eigenvalue weighted by atomic mass is 32.1. The lowest BCUT2D eigenvalue weighted by Gasteiger charge is -2.12. The van der Waals surface area contributed by atoms with Crippen molar-refractivity contribution in [2.24, 2.45) is 0 Å². The molecule has 0 bridgehead atoms. The van der Waals surface area contributed by atoms with E-state index in [1.165, 1.54) is 0 Å². The van der Waals surface area contributed by atoms with Crippen LogP contribution in [-0.2, 0) is 6.42 Å². The number of aromatic nitrogens is 3. The number of aryl methyl sites for hydroxylation is 1. The largest absolute Gasteiger partial charge is 0.275 e. The highest BCUT2D eigenvalue weighted by Gasteiger charge is 2.21. The van der Waals surface area contributed by atoms with Crippen LogP contribution in [-0.4, -0.2) is 15.2 Å². The summed E-state index contributed by atoms with van der Waals surface area (Å²) in [6.45, 7) is 3.77. The van der Waals surface area contributed by atoms with Crippen LogP contribution in [0.2, 0.25) is 0 Å². The lowest BCUT2D eigenvalue weighted by Crippen LogP contribution is -1.99. The molecule has 1 N–H and O–H groups in total. The van der Waals surface area contributed by atoms with Gasteiger partial charge in [0.1, 0.15) is 5.52 Å². The maximum atomic E-state index is 14.4. The Morgan fingerprint density at radius 2 is 2.04 bits per heavy atom. The highest BCUT2D eigenvalue weighted by molar-refractivity contribution is 7.18. The molecule has 0 unspecified atom stereocenters. The zero-order valence-corrected chi connectivity index (χ0v) is 13.4. The van der Waals surface area contributed by atoms with Gasteiger partial charge in [0.2, 0.25) is 0 Å². The van der Waals surface area contributed by atoms with Gasteiger partial charge in [0, 0.05) is 5.39 Å². The van der Waals surface area contributed by atoms with Crippen LogP contribution in [0.15, 0.2) is 24.4 Å². The summed E-state index contributed by atoms with van der Waals surface area (Å²) in [4.78, 5) is 4.44. The quantitative estimate of drug-likeness (QED) is 0.563. The van der Waals surface area contributed by atoms with E-state index in [0.717, 1.165) is 20.8 Å². The Kier molecular flexibility index (Phi) is 3.16. The average Bonchev–Trinajstić information content (AvgIpc) is 3.15. The average molecular weight is 329 g/mol. The first-order chi connectivity index (χ1) is 11.1. The Hall–Kier alpha value is -2.34. The molecule has 0 atom stereocenters. The Labute approximate surface area is 135 Å². The minimum atomic E-state index is -0.868. The summed E-state index contributed by atoms with van der Waals surface area (Å²) in [5.41, 5.74) is 2.94. The van der Waals surface area contributed by atoms with Crippen molar-refractivity contribution in [2.75, 3.05) is 0 Å². The molecule has 0 aliphatic carbocycles. The molecule has 2 heterocycles. The van der Waals surface area contributed by atoms with Crippen LogP contribution in [0, 0.1) is 18.6 Å². The fourth-order valence-corrected chi connectivity index (χ4v) is 3.88. The van der Waals surface area contributed by atoms with Crippen LogP contribution in [0.5, 0.6) is 0 Å². The summed E-state index contributed by atoms with van der Waals surface area (Å²) in [6, 6.07) is 5.80. The normalized spacial score (nSPS) is 11.7.